The molecular formula is C15H17BrN2O2. The van der Waals surface area contributed by atoms with Gasteiger partial charge in [-0.25, -0.2) is 0 Å². The third kappa shape index (κ3) is 2.24. The minimum absolute atomic E-state index is 0.447. The van der Waals surface area contributed by atoms with Crippen LogP contribution in [-0.4, -0.2) is 24.8 Å². The van der Waals surface area contributed by atoms with Crippen LogP contribution in [0, 0.1) is 5.92 Å². The Morgan fingerprint density at radius 2 is 2.00 bits per heavy atom. The molecule has 0 aromatic heterocycles. The first-order valence-electron chi connectivity index (χ1n) is 7.04. The van der Waals surface area contributed by atoms with Crippen LogP contribution < -0.4 is 10.2 Å². The molecule has 2 aliphatic heterocycles. The predicted molar refractivity (Wildman–Crippen MR) is 82.3 cm³/mol. The van der Waals surface area contributed by atoms with Crippen LogP contribution in [0.5, 0.6) is 0 Å². The quantitative estimate of drug-likeness (QED) is 0.843. The molecule has 0 saturated carbocycles. The van der Waals surface area contributed by atoms with Gasteiger partial charge in [-0.2, -0.15) is 0 Å². The number of nitrogens with one attached hydrogen (secondary N) is 1. The Labute approximate surface area is 126 Å². The van der Waals surface area contributed by atoms with E-state index in [9.17, 15) is 9.59 Å². The highest BCUT2D eigenvalue weighted by molar-refractivity contribution is 9.10. The molecule has 2 aliphatic rings. The van der Waals surface area contributed by atoms with Gasteiger partial charge in [0.05, 0.1) is 16.9 Å². The monoisotopic (exact) mass is 336 g/mol. The zero-order chi connectivity index (χ0) is 14.3. The number of ketones is 1. The van der Waals surface area contributed by atoms with Crippen molar-refractivity contribution in [2.75, 3.05) is 23.3 Å². The predicted octanol–water partition coefficient (Wildman–Crippen LogP) is 3.21. The molecule has 0 radical (unpaired) electrons. The van der Waals surface area contributed by atoms with Crippen LogP contribution in [0.15, 0.2) is 16.6 Å². The smallest absolute Gasteiger partial charge is 0.296 e. The second kappa shape index (κ2) is 5.20. The van der Waals surface area contributed by atoms with Crippen molar-refractivity contribution in [1.82, 2.24) is 0 Å². The number of nitrogens with zero attached hydrogens (tertiary/aromatic N) is 1. The second-order valence-electron chi connectivity index (χ2n) is 5.47. The van der Waals surface area contributed by atoms with Gasteiger partial charge in [0.1, 0.15) is 0 Å². The third-order valence-corrected chi connectivity index (χ3v) is 4.95. The van der Waals surface area contributed by atoms with E-state index in [1.807, 2.05) is 6.07 Å². The van der Waals surface area contributed by atoms with Crippen molar-refractivity contribution >= 4 is 39.0 Å². The summed E-state index contributed by atoms with van der Waals surface area (Å²) in [6, 6.07) is 3.67. The standard InChI is InChI=1S/C15H17BrN2O2/c1-2-9-3-5-18(6-4-9)13-8-12-10(7-11(13)16)14(19)15(20)17-12/h7-9H,2-6H2,1H3,(H,17,19,20). The van der Waals surface area contributed by atoms with Crippen molar-refractivity contribution in [3.63, 3.8) is 0 Å². The number of benzene rings is 1. The van der Waals surface area contributed by atoms with Crippen LogP contribution in [0.25, 0.3) is 0 Å². The summed E-state index contributed by atoms with van der Waals surface area (Å²) in [4.78, 5) is 25.4. The average molecular weight is 337 g/mol. The summed E-state index contributed by atoms with van der Waals surface area (Å²) in [5.41, 5.74) is 2.16. The van der Waals surface area contributed by atoms with Gasteiger partial charge in [-0.3, -0.25) is 9.59 Å². The first kappa shape index (κ1) is 13.6. The highest BCUT2D eigenvalue weighted by atomic mass is 79.9. The molecule has 4 nitrogen and oxygen atoms in total. The first-order chi connectivity index (χ1) is 9.60. The number of carbonyl (C=O) groups excluding carboxylic acids is 2. The van der Waals surface area contributed by atoms with Crippen molar-refractivity contribution in [2.45, 2.75) is 26.2 Å². The summed E-state index contributed by atoms with van der Waals surface area (Å²) < 4.78 is 0.885. The number of rotatable bonds is 2. The van der Waals surface area contributed by atoms with Crippen molar-refractivity contribution in [3.05, 3.63) is 22.2 Å². The fraction of sp³-hybridized carbons (Fsp3) is 0.467. The maximum absolute atomic E-state index is 11.7. The van der Waals surface area contributed by atoms with E-state index in [1.165, 1.54) is 19.3 Å². The van der Waals surface area contributed by atoms with E-state index in [-0.39, 0.29) is 0 Å². The van der Waals surface area contributed by atoms with Crippen molar-refractivity contribution in [2.24, 2.45) is 5.92 Å². The molecule has 1 fully saturated rings. The third-order valence-electron chi connectivity index (χ3n) is 4.32. The lowest BCUT2D eigenvalue weighted by molar-refractivity contribution is -0.112. The van der Waals surface area contributed by atoms with Crippen LogP contribution in [0.2, 0.25) is 0 Å². The van der Waals surface area contributed by atoms with Crippen LogP contribution in [-0.2, 0) is 4.79 Å². The molecule has 1 aromatic rings. The Morgan fingerprint density at radius 3 is 2.65 bits per heavy atom. The van der Waals surface area contributed by atoms with Gasteiger partial charge >= 0.3 is 0 Å². The maximum Gasteiger partial charge on any atom is 0.296 e. The van der Waals surface area contributed by atoms with Gasteiger partial charge in [0.15, 0.2) is 0 Å². The molecule has 3 rings (SSSR count). The topological polar surface area (TPSA) is 49.4 Å². The van der Waals surface area contributed by atoms with E-state index in [1.54, 1.807) is 6.07 Å². The second-order valence-corrected chi connectivity index (χ2v) is 6.33. The molecule has 5 heteroatoms. The van der Waals surface area contributed by atoms with E-state index in [4.69, 9.17) is 0 Å². The fourth-order valence-electron chi connectivity index (χ4n) is 2.98. The average Bonchev–Trinajstić information content (AvgIpc) is 2.74. The molecule has 2 heterocycles. The summed E-state index contributed by atoms with van der Waals surface area (Å²) in [5.74, 6) is -0.161. The number of carbonyl (C=O) groups is 2. The van der Waals surface area contributed by atoms with Crippen LogP contribution in [0.3, 0.4) is 0 Å². The molecule has 1 amide bonds. The highest BCUT2D eigenvalue weighted by Gasteiger charge is 2.30. The molecule has 0 aliphatic carbocycles. The molecular weight excluding hydrogens is 320 g/mol. The number of Topliss-reactive ketones (excluding diaryl/α,β-unsaturated/α-hetero) is 1. The summed E-state index contributed by atoms with van der Waals surface area (Å²) in [5, 5.41) is 2.64. The van der Waals surface area contributed by atoms with Gasteiger partial charge in [0.25, 0.3) is 11.7 Å². The van der Waals surface area contributed by atoms with Gasteiger partial charge < -0.3 is 10.2 Å². The number of amides is 1. The van der Waals surface area contributed by atoms with Gasteiger partial charge in [0.2, 0.25) is 0 Å². The lowest BCUT2D eigenvalue weighted by Gasteiger charge is -2.34. The summed E-state index contributed by atoms with van der Waals surface area (Å²) >= 11 is 3.53. The summed E-state index contributed by atoms with van der Waals surface area (Å²) in [7, 11) is 0. The van der Waals surface area contributed by atoms with Crippen molar-refractivity contribution < 1.29 is 9.59 Å². The number of anilines is 2. The SMILES string of the molecule is CCC1CCN(c2cc3c(cc2Br)C(=O)C(=O)N3)CC1. The van der Waals surface area contributed by atoms with E-state index in [2.05, 4.69) is 33.1 Å². The van der Waals surface area contributed by atoms with E-state index in [0.29, 0.717) is 11.3 Å². The van der Waals surface area contributed by atoms with Gasteiger partial charge in [0, 0.05) is 17.6 Å². The number of hydrogen-bond acceptors (Lipinski definition) is 3. The minimum Gasteiger partial charge on any atom is -0.371 e. The maximum atomic E-state index is 11.7. The lowest BCUT2D eigenvalue weighted by atomic mass is 9.94. The van der Waals surface area contributed by atoms with Crippen LogP contribution >= 0.6 is 15.9 Å². The van der Waals surface area contributed by atoms with E-state index in [0.717, 1.165) is 29.2 Å². The minimum atomic E-state index is -0.534. The molecule has 0 spiro atoms. The molecule has 1 saturated heterocycles. The highest BCUT2D eigenvalue weighted by Crippen LogP contribution is 2.37. The molecule has 0 bridgehead atoms. The Morgan fingerprint density at radius 1 is 1.30 bits per heavy atom. The number of fused-ring (bicyclic) bond motifs is 1. The van der Waals surface area contributed by atoms with Crippen molar-refractivity contribution in [1.29, 1.82) is 0 Å². The lowest BCUT2D eigenvalue weighted by Crippen LogP contribution is -2.33. The molecule has 0 unspecified atom stereocenters. The molecule has 106 valence electrons. The molecule has 1 aromatic carbocycles. The van der Waals surface area contributed by atoms with Gasteiger partial charge in [-0.15, -0.1) is 0 Å². The Bertz CT molecular complexity index is 577. The van der Waals surface area contributed by atoms with Gasteiger partial charge in [-0.1, -0.05) is 13.3 Å². The van der Waals surface area contributed by atoms with E-state index >= 15 is 0 Å². The number of halogens is 1. The summed E-state index contributed by atoms with van der Waals surface area (Å²) in [6.45, 7) is 4.29. The van der Waals surface area contributed by atoms with Gasteiger partial charge in [-0.05, 0) is 46.8 Å². The summed E-state index contributed by atoms with van der Waals surface area (Å²) in [6.07, 6.45) is 3.64. The fourth-order valence-corrected chi connectivity index (χ4v) is 3.57. The normalized spacial score (nSPS) is 19.2. The largest absolute Gasteiger partial charge is 0.371 e. The number of piperidine rings is 1. The molecule has 20 heavy (non-hydrogen) atoms. The van der Waals surface area contributed by atoms with Crippen LogP contribution in [0.1, 0.15) is 36.5 Å². The number of hydrogen-bond donors (Lipinski definition) is 1. The molecule has 0 atom stereocenters. The van der Waals surface area contributed by atoms with Crippen molar-refractivity contribution in [3.8, 4) is 0 Å². The Hall–Kier alpha value is -1.36. The van der Waals surface area contributed by atoms with E-state index < -0.39 is 11.7 Å². The Balaban J connectivity index is 1.87. The zero-order valence-electron chi connectivity index (χ0n) is 11.4. The molecule has 1 N–H and O–H groups in total. The first-order valence-corrected chi connectivity index (χ1v) is 7.83. The van der Waals surface area contributed by atoms with Crippen LogP contribution in [0.4, 0.5) is 11.4 Å². The Kier molecular flexibility index (Phi) is 3.54. The zero-order valence-corrected chi connectivity index (χ0v) is 13.0.